The van der Waals surface area contributed by atoms with Crippen LogP contribution in [0.25, 0.3) is 16.7 Å². The summed E-state index contributed by atoms with van der Waals surface area (Å²) in [6, 6.07) is 14.9. The second kappa shape index (κ2) is 8.27. The molecule has 4 rings (SSSR count). The van der Waals surface area contributed by atoms with Gasteiger partial charge in [0.05, 0.1) is 28.6 Å². The number of rotatable bonds is 6. The highest BCUT2D eigenvalue weighted by molar-refractivity contribution is 6.33. The van der Waals surface area contributed by atoms with Crippen molar-refractivity contribution in [2.45, 2.75) is 12.8 Å². The van der Waals surface area contributed by atoms with Gasteiger partial charge in [-0.2, -0.15) is 9.78 Å². The minimum Gasteiger partial charge on any atom is -0.382 e. The first-order valence-corrected chi connectivity index (χ1v) is 9.98. The summed E-state index contributed by atoms with van der Waals surface area (Å²) in [5.41, 5.74) is 2.86. The van der Waals surface area contributed by atoms with Crippen molar-refractivity contribution in [3.8, 4) is 5.69 Å². The number of imidazole rings is 1. The molecule has 0 unspecified atom stereocenters. The maximum absolute atomic E-state index is 12.6. The van der Waals surface area contributed by atoms with Crippen molar-refractivity contribution in [2.24, 2.45) is 7.05 Å². The van der Waals surface area contributed by atoms with Crippen LogP contribution in [-0.4, -0.2) is 25.9 Å². The first kappa shape index (κ1) is 19.5. The van der Waals surface area contributed by atoms with Crippen molar-refractivity contribution in [3.05, 3.63) is 81.0 Å². The summed E-state index contributed by atoms with van der Waals surface area (Å²) in [7, 11) is 2.02. The molecule has 0 aliphatic rings. The topological polar surface area (TPSA) is 64.7 Å². The van der Waals surface area contributed by atoms with Crippen LogP contribution in [0.5, 0.6) is 0 Å². The molecule has 6 nitrogen and oxygen atoms in total. The fraction of sp³-hybridized carbons (Fsp3) is 0.190. The molecule has 0 atom stereocenters. The number of halogens is 2. The molecule has 0 bridgehead atoms. The van der Waals surface area contributed by atoms with E-state index < -0.39 is 0 Å². The normalized spacial score (nSPS) is 11.1. The van der Waals surface area contributed by atoms with E-state index in [1.54, 1.807) is 30.5 Å². The number of para-hydroxylation sites is 2. The highest BCUT2D eigenvalue weighted by Crippen LogP contribution is 2.19. The van der Waals surface area contributed by atoms with E-state index in [-0.39, 0.29) is 10.6 Å². The molecule has 29 heavy (non-hydrogen) atoms. The number of nitrogens with zero attached hydrogens (tertiary/aromatic N) is 4. The molecule has 2 aromatic heterocycles. The summed E-state index contributed by atoms with van der Waals surface area (Å²) in [6.07, 6.45) is 3.21. The number of fused-ring (bicyclic) bond motifs is 1. The standard InChI is InChI=1S/C21H19Cl2N5O/c1-27-18-6-3-2-5-16(18)26-19(27)7-4-12-24-17-13-25-28(21(29)20(17)23)15-10-8-14(22)9-11-15/h2-3,5-6,8-11,13,24H,4,7,12H2,1H3. The van der Waals surface area contributed by atoms with E-state index in [1.165, 1.54) is 4.68 Å². The Bertz CT molecular complexity index is 1210. The van der Waals surface area contributed by atoms with Crippen molar-refractivity contribution in [3.63, 3.8) is 0 Å². The zero-order valence-corrected chi connectivity index (χ0v) is 17.3. The highest BCUT2D eigenvalue weighted by Gasteiger charge is 2.11. The minimum atomic E-state index is -0.380. The lowest BCUT2D eigenvalue weighted by Gasteiger charge is -2.10. The molecule has 8 heteroatoms. The second-order valence-electron chi connectivity index (χ2n) is 6.67. The van der Waals surface area contributed by atoms with E-state index in [0.717, 1.165) is 29.7 Å². The van der Waals surface area contributed by atoms with Gasteiger partial charge in [-0.15, -0.1) is 0 Å². The maximum atomic E-state index is 12.6. The Morgan fingerprint density at radius 3 is 2.59 bits per heavy atom. The molecule has 0 spiro atoms. The van der Waals surface area contributed by atoms with Crippen molar-refractivity contribution in [1.82, 2.24) is 19.3 Å². The van der Waals surface area contributed by atoms with Crippen molar-refractivity contribution >= 4 is 39.9 Å². The number of aryl methyl sites for hydroxylation is 2. The van der Waals surface area contributed by atoms with E-state index >= 15 is 0 Å². The molecular weight excluding hydrogens is 409 g/mol. The van der Waals surface area contributed by atoms with Gasteiger partial charge in [-0.25, -0.2) is 4.98 Å². The van der Waals surface area contributed by atoms with Crippen LogP contribution in [0.15, 0.2) is 59.5 Å². The molecule has 0 aliphatic carbocycles. The molecule has 0 fully saturated rings. The predicted molar refractivity (Wildman–Crippen MR) is 117 cm³/mol. The molecule has 0 saturated carbocycles. The Kier molecular flexibility index (Phi) is 5.56. The third-order valence-corrected chi connectivity index (χ3v) is 5.38. The summed E-state index contributed by atoms with van der Waals surface area (Å²) < 4.78 is 3.36. The molecule has 0 amide bonds. The van der Waals surface area contributed by atoms with Gasteiger partial charge in [-0.3, -0.25) is 4.79 Å². The number of hydrogen-bond acceptors (Lipinski definition) is 4. The van der Waals surface area contributed by atoms with Gasteiger partial charge < -0.3 is 9.88 Å². The second-order valence-corrected chi connectivity index (χ2v) is 7.49. The Morgan fingerprint density at radius 1 is 1.07 bits per heavy atom. The highest BCUT2D eigenvalue weighted by atomic mass is 35.5. The number of nitrogens with one attached hydrogen (secondary N) is 1. The zero-order valence-electron chi connectivity index (χ0n) is 15.8. The molecule has 148 valence electrons. The molecule has 0 aliphatic heterocycles. The summed E-state index contributed by atoms with van der Waals surface area (Å²) in [4.78, 5) is 17.2. The van der Waals surface area contributed by atoms with Crippen molar-refractivity contribution in [2.75, 3.05) is 11.9 Å². The van der Waals surface area contributed by atoms with Crippen LogP contribution in [0, 0.1) is 0 Å². The monoisotopic (exact) mass is 427 g/mol. The van der Waals surface area contributed by atoms with Gasteiger partial charge in [0.1, 0.15) is 10.8 Å². The largest absolute Gasteiger partial charge is 0.382 e. The van der Waals surface area contributed by atoms with Crippen LogP contribution < -0.4 is 10.9 Å². The lowest BCUT2D eigenvalue weighted by Crippen LogP contribution is -2.23. The van der Waals surface area contributed by atoms with E-state index in [4.69, 9.17) is 23.2 Å². The lowest BCUT2D eigenvalue weighted by atomic mass is 10.3. The summed E-state index contributed by atoms with van der Waals surface area (Å²) in [6.45, 7) is 0.648. The van der Waals surface area contributed by atoms with Gasteiger partial charge in [0.15, 0.2) is 0 Å². The maximum Gasteiger partial charge on any atom is 0.292 e. The van der Waals surface area contributed by atoms with Crippen LogP contribution in [0.2, 0.25) is 10.0 Å². The SMILES string of the molecule is Cn1c(CCCNc2cnn(-c3ccc(Cl)cc3)c(=O)c2Cl)nc2ccccc21. The number of aromatic nitrogens is 4. The first-order chi connectivity index (χ1) is 14.0. The third kappa shape index (κ3) is 3.99. The van der Waals surface area contributed by atoms with Crippen LogP contribution in [0.3, 0.4) is 0 Å². The molecule has 4 aromatic rings. The van der Waals surface area contributed by atoms with Gasteiger partial charge in [-0.05, 0) is 42.8 Å². The molecule has 2 aromatic carbocycles. The van der Waals surface area contributed by atoms with E-state index in [0.29, 0.717) is 22.9 Å². The number of anilines is 1. The molecule has 2 heterocycles. The predicted octanol–water partition coefficient (Wildman–Crippen LogP) is 4.47. The Morgan fingerprint density at radius 2 is 1.83 bits per heavy atom. The average Bonchev–Trinajstić information content (AvgIpc) is 3.05. The third-order valence-electron chi connectivity index (χ3n) is 4.76. The van der Waals surface area contributed by atoms with Gasteiger partial charge in [0.2, 0.25) is 0 Å². The summed E-state index contributed by atoms with van der Waals surface area (Å²) >= 11 is 12.2. The fourth-order valence-electron chi connectivity index (χ4n) is 3.21. The first-order valence-electron chi connectivity index (χ1n) is 9.22. The zero-order chi connectivity index (χ0) is 20.4. The summed E-state index contributed by atoms with van der Waals surface area (Å²) in [5.74, 6) is 1.02. The molecule has 0 saturated heterocycles. The van der Waals surface area contributed by atoms with Crippen LogP contribution in [-0.2, 0) is 13.5 Å². The van der Waals surface area contributed by atoms with Gasteiger partial charge in [-0.1, -0.05) is 35.3 Å². The van der Waals surface area contributed by atoms with E-state index in [2.05, 4.69) is 26.0 Å². The number of hydrogen-bond donors (Lipinski definition) is 1. The van der Waals surface area contributed by atoms with Crippen molar-refractivity contribution < 1.29 is 0 Å². The molecule has 0 radical (unpaired) electrons. The molecule has 1 N–H and O–H groups in total. The van der Waals surface area contributed by atoms with Crippen LogP contribution in [0.1, 0.15) is 12.2 Å². The Hall–Kier alpha value is -2.83. The van der Waals surface area contributed by atoms with E-state index in [1.807, 2.05) is 25.2 Å². The lowest BCUT2D eigenvalue weighted by molar-refractivity contribution is 0.751. The van der Waals surface area contributed by atoms with Gasteiger partial charge in [0.25, 0.3) is 5.56 Å². The van der Waals surface area contributed by atoms with Gasteiger partial charge in [0, 0.05) is 25.0 Å². The van der Waals surface area contributed by atoms with Crippen molar-refractivity contribution in [1.29, 1.82) is 0 Å². The Balaban J connectivity index is 1.42. The Labute approximate surface area is 177 Å². The molecular formula is C21H19Cl2N5O. The van der Waals surface area contributed by atoms with Gasteiger partial charge >= 0.3 is 0 Å². The number of benzene rings is 2. The minimum absolute atomic E-state index is 0.109. The van der Waals surface area contributed by atoms with Crippen LogP contribution in [0.4, 0.5) is 5.69 Å². The average molecular weight is 428 g/mol. The quantitative estimate of drug-likeness (QED) is 0.461. The van der Waals surface area contributed by atoms with E-state index in [9.17, 15) is 4.79 Å². The summed E-state index contributed by atoms with van der Waals surface area (Å²) in [5, 5.41) is 8.11. The van der Waals surface area contributed by atoms with Crippen LogP contribution >= 0.6 is 23.2 Å². The smallest absolute Gasteiger partial charge is 0.292 e. The fourth-order valence-corrected chi connectivity index (χ4v) is 3.53.